The van der Waals surface area contributed by atoms with Gasteiger partial charge in [-0.3, -0.25) is 0 Å². The maximum Gasteiger partial charge on any atom is 0.127 e. The highest BCUT2D eigenvalue weighted by Gasteiger charge is 2.46. The van der Waals surface area contributed by atoms with Crippen molar-refractivity contribution < 1.29 is 9.47 Å². The molecule has 0 fully saturated rings. The van der Waals surface area contributed by atoms with Crippen molar-refractivity contribution in [1.29, 1.82) is 0 Å². The fraction of sp³-hybridized carbons (Fsp3) is 0.0769. The van der Waals surface area contributed by atoms with E-state index in [1.165, 1.54) is 44.5 Å². The van der Waals surface area contributed by atoms with Gasteiger partial charge in [0.05, 0.1) is 5.41 Å². The molecule has 210 valence electrons. The number of hydrogen-bond donors (Lipinski definition) is 2. The molecule has 0 aromatic heterocycles. The highest BCUT2D eigenvalue weighted by atomic mass is 16.5. The number of aryl methyl sites for hydroxylation is 2. The maximum absolute atomic E-state index is 6.17. The van der Waals surface area contributed by atoms with Crippen LogP contribution in [0, 0.1) is 13.8 Å². The van der Waals surface area contributed by atoms with Crippen LogP contribution < -0.4 is 20.9 Å². The van der Waals surface area contributed by atoms with E-state index >= 15 is 0 Å². The molecule has 0 radical (unpaired) electrons. The zero-order valence-corrected chi connectivity index (χ0v) is 24.2. The predicted octanol–water partition coefficient (Wildman–Crippen LogP) is 9.42. The van der Waals surface area contributed by atoms with Crippen LogP contribution in [-0.4, -0.2) is 0 Å². The van der Waals surface area contributed by atoms with E-state index < -0.39 is 5.41 Å². The van der Waals surface area contributed by atoms with Crippen molar-refractivity contribution in [1.82, 2.24) is 0 Å². The molecule has 1 aliphatic rings. The first kappa shape index (κ1) is 26.4. The highest BCUT2D eigenvalue weighted by molar-refractivity contribution is 5.86. The number of anilines is 2. The monoisotopic (exact) mass is 560 g/mol. The smallest absolute Gasteiger partial charge is 0.127 e. The van der Waals surface area contributed by atoms with Crippen LogP contribution in [0.15, 0.2) is 133 Å². The van der Waals surface area contributed by atoms with Gasteiger partial charge in [-0.1, -0.05) is 71.8 Å². The van der Waals surface area contributed by atoms with Crippen molar-refractivity contribution in [2.24, 2.45) is 0 Å². The molecule has 0 aliphatic heterocycles. The lowest BCUT2D eigenvalue weighted by atomic mass is 9.67. The van der Waals surface area contributed by atoms with Crippen molar-refractivity contribution in [3.05, 3.63) is 167 Å². The van der Waals surface area contributed by atoms with Crippen LogP contribution in [-0.2, 0) is 5.41 Å². The summed E-state index contributed by atoms with van der Waals surface area (Å²) in [6, 6.07) is 45.5. The van der Waals surface area contributed by atoms with Gasteiger partial charge in [0.2, 0.25) is 0 Å². The van der Waals surface area contributed by atoms with E-state index in [0.29, 0.717) is 11.4 Å². The molecular weight excluding hydrogens is 528 g/mol. The largest absolute Gasteiger partial charge is 0.457 e. The van der Waals surface area contributed by atoms with Crippen LogP contribution >= 0.6 is 0 Å². The number of ether oxygens (including phenoxy) is 2. The Morgan fingerprint density at radius 3 is 1.09 bits per heavy atom. The topological polar surface area (TPSA) is 70.5 Å². The molecule has 6 aromatic rings. The first-order valence-corrected chi connectivity index (χ1v) is 14.4. The van der Waals surface area contributed by atoms with Gasteiger partial charge in [0.25, 0.3) is 0 Å². The van der Waals surface area contributed by atoms with Gasteiger partial charge in [-0.05, 0) is 120 Å². The minimum absolute atomic E-state index is 0.526. The van der Waals surface area contributed by atoms with Crippen molar-refractivity contribution in [2.75, 3.05) is 11.5 Å². The SMILES string of the molecule is Cc1ccc2c(c1)C(c1ccc(Oc3ccc(N)cc3)cc1)(c1ccc(Oc3ccc(N)cc3)cc1)c1cc(C)ccc1-2. The highest BCUT2D eigenvalue weighted by Crippen LogP contribution is 2.56. The van der Waals surface area contributed by atoms with Crippen LogP contribution in [0.4, 0.5) is 11.4 Å². The Morgan fingerprint density at radius 2 is 0.744 bits per heavy atom. The van der Waals surface area contributed by atoms with E-state index in [2.05, 4.69) is 98.8 Å². The summed E-state index contributed by atoms with van der Waals surface area (Å²) in [5.74, 6) is 3.03. The molecule has 4 heteroatoms. The summed E-state index contributed by atoms with van der Waals surface area (Å²) in [6.07, 6.45) is 0. The number of hydrogen-bond acceptors (Lipinski definition) is 4. The molecule has 6 aromatic carbocycles. The second-order valence-corrected chi connectivity index (χ2v) is 11.2. The first-order chi connectivity index (χ1) is 20.9. The summed E-state index contributed by atoms with van der Waals surface area (Å²) in [5, 5.41) is 0. The van der Waals surface area contributed by atoms with Gasteiger partial charge in [-0.25, -0.2) is 0 Å². The van der Waals surface area contributed by atoms with Crippen LogP contribution in [0.3, 0.4) is 0 Å². The molecule has 0 atom stereocenters. The molecule has 0 saturated heterocycles. The fourth-order valence-electron chi connectivity index (χ4n) is 6.23. The van der Waals surface area contributed by atoms with Gasteiger partial charge in [-0.15, -0.1) is 0 Å². The Kier molecular flexibility index (Phi) is 6.40. The quantitative estimate of drug-likeness (QED) is 0.199. The van der Waals surface area contributed by atoms with Gasteiger partial charge in [0, 0.05) is 11.4 Å². The molecule has 0 heterocycles. The average molecular weight is 561 g/mol. The minimum atomic E-state index is -0.526. The van der Waals surface area contributed by atoms with Crippen LogP contribution in [0.25, 0.3) is 11.1 Å². The molecular formula is C39H32N2O2. The zero-order valence-electron chi connectivity index (χ0n) is 24.2. The number of nitrogen functional groups attached to an aromatic ring is 2. The standard InChI is InChI=1S/C39H32N2O2/c1-25-3-21-35-36-22-4-26(2)24-38(36)39(37(35)23-25,27-5-13-31(14-6-27)42-33-17-9-29(40)10-18-33)28-7-15-32(16-8-28)43-34-19-11-30(41)12-20-34/h3-24H,40-41H2,1-2H3. The van der Waals surface area contributed by atoms with Crippen LogP contribution in [0.2, 0.25) is 0 Å². The van der Waals surface area contributed by atoms with Gasteiger partial charge < -0.3 is 20.9 Å². The number of nitrogens with two attached hydrogens (primary N) is 2. The summed E-state index contributed by atoms with van der Waals surface area (Å²) < 4.78 is 12.3. The van der Waals surface area contributed by atoms with Crippen molar-refractivity contribution in [3.8, 4) is 34.1 Å². The molecule has 0 amide bonds. The second-order valence-electron chi connectivity index (χ2n) is 11.2. The van der Waals surface area contributed by atoms with Gasteiger partial charge >= 0.3 is 0 Å². The lowest BCUT2D eigenvalue weighted by Crippen LogP contribution is -2.28. The molecule has 0 unspecified atom stereocenters. The predicted molar refractivity (Wildman–Crippen MR) is 175 cm³/mol. The Bertz CT molecular complexity index is 1780. The van der Waals surface area contributed by atoms with E-state index in [1.54, 1.807) is 0 Å². The Hall–Kier alpha value is -5.48. The Labute approximate surface area is 252 Å². The summed E-state index contributed by atoms with van der Waals surface area (Å²) in [7, 11) is 0. The molecule has 4 nitrogen and oxygen atoms in total. The van der Waals surface area contributed by atoms with Gasteiger partial charge in [0.15, 0.2) is 0 Å². The minimum Gasteiger partial charge on any atom is -0.457 e. The molecule has 4 N–H and O–H groups in total. The molecule has 7 rings (SSSR count). The lowest BCUT2D eigenvalue weighted by Gasteiger charge is -2.34. The second kappa shape index (κ2) is 10.4. The van der Waals surface area contributed by atoms with Crippen molar-refractivity contribution in [3.63, 3.8) is 0 Å². The summed E-state index contributed by atoms with van der Waals surface area (Å²) >= 11 is 0. The number of benzene rings is 6. The molecule has 0 saturated carbocycles. The van der Waals surface area contributed by atoms with E-state index in [-0.39, 0.29) is 0 Å². The van der Waals surface area contributed by atoms with E-state index in [9.17, 15) is 0 Å². The molecule has 0 bridgehead atoms. The zero-order chi connectivity index (χ0) is 29.6. The first-order valence-electron chi connectivity index (χ1n) is 14.4. The molecule has 1 aliphatic carbocycles. The van der Waals surface area contributed by atoms with Crippen LogP contribution in [0.5, 0.6) is 23.0 Å². The summed E-state index contributed by atoms with van der Waals surface area (Å²) in [4.78, 5) is 0. The van der Waals surface area contributed by atoms with E-state index in [0.717, 1.165) is 23.0 Å². The number of fused-ring (bicyclic) bond motifs is 3. The van der Waals surface area contributed by atoms with E-state index in [1.807, 2.05) is 48.5 Å². The van der Waals surface area contributed by atoms with E-state index in [4.69, 9.17) is 20.9 Å². The Balaban J connectivity index is 1.37. The lowest BCUT2D eigenvalue weighted by molar-refractivity contribution is 0.482. The van der Waals surface area contributed by atoms with Gasteiger partial charge in [-0.2, -0.15) is 0 Å². The normalized spacial score (nSPS) is 12.8. The third kappa shape index (κ3) is 4.67. The van der Waals surface area contributed by atoms with Gasteiger partial charge in [0.1, 0.15) is 23.0 Å². The summed E-state index contributed by atoms with van der Waals surface area (Å²) in [6.45, 7) is 4.32. The van der Waals surface area contributed by atoms with Crippen molar-refractivity contribution >= 4 is 11.4 Å². The summed E-state index contributed by atoms with van der Waals surface area (Å²) in [5.41, 5.74) is 22.4. The fourth-order valence-corrected chi connectivity index (χ4v) is 6.23. The molecule has 0 spiro atoms. The van der Waals surface area contributed by atoms with Crippen molar-refractivity contribution in [2.45, 2.75) is 19.3 Å². The average Bonchev–Trinajstić information content (AvgIpc) is 3.29. The number of rotatable bonds is 6. The van der Waals surface area contributed by atoms with Crippen LogP contribution in [0.1, 0.15) is 33.4 Å². The third-order valence-corrected chi connectivity index (χ3v) is 8.25. The third-order valence-electron chi connectivity index (χ3n) is 8.25. The molecule has 43 heavy (non-hydrogen) atoms. The Morgan fingerprint density at radius 1 is 0.419 bits per heavy atom. The maximum atomic E-state index is 6.17.